The molecular formula is C16H26N2O3. The van der Waals surface area contributed by atoms with E-state index in [1.807, 2.05) is 38.7 Å². The second-order valence-corrected chi connectivity index (χ2v) is 5.05. The van der Waals surface area contributed by atoms with Gasteiger partial charge >= 0.3 is 0 Å². The molecule has 2 unspecified atom stereocenters. The summed E-state index contributed by atoms with van der Waals surface area (Å²) in [6.45, 7) is 9.23. The summed E-state index contributed by atoms with van der Waals surface area (Å²) < 4.78 is 5.11. The van der Waals surface area contributed by atoms with Gasteiger partial charge in [-0.15, -0.1) is 0 Å². The Morgan fingerprint density at radius 2 is 1.95 bits per heavy atom. The fourth-order valence-corrected chi connectivity index (χ4v) is 2.32. The van der Waals surface area contributed by atoms with Crippen LogP contribution >= 0.6 is 0 Å². The molecule has 0 bridgehead atoms. The molecular weight excluding hydrogens is 268 g/mol. The van der Waals surface area contributed by atoms with Crippen molar-refractivity contribution in [2.75, 3.05) is 20.2 Å². The minimum Gasteiger partial charge on any atom is -0.504 e. The lowest BCUT2D eigenvalue weighted by Crippen LogP contribution is -2.45. The summed E-state index contributed by atoms with van der Waals surface area (Å²) in [5.74, 6) is 0.641. The molecule has 1 aromatic rings. The second kappa shape index (κ2) is 7.88. The third-order valence-electron chi connectivity index (χ3n) is 3.65. The maximum Gasteiger partial charge on any atom is 0.239 e. The van der Waals surface area contributed by atoms with Crippen molar-refractivity contribution in [1.82, 2.24) is 10.2 Å². The molecule has 0 aliphatic rings. The average molecular weight is 294 g/mol. The third kappa shape index (κ3) is 4.36. The van der Waals surface area contributed by atoms with Crippen molar-refractivity contribution in [3.05, 3.63) is 23.8 Å². The van der Waals surface area contributed by atoms with Gasteiger partial charge in [0.1, 0.15) is 0 Å². The monoisotopic (exact) mass is 294 g/mol. The van der Waals surface area contributed by atoms with Gasteiger partial charge < -0.3 is 14.7 Å². The topological polar surface area (TPSA) is 61.8 Å². The molecule has 0 fully saturated rings. The van der Waals surface area contributed by atoms with Gasteiger partial charge in [0.25, 0.3) is 0 Å². The van der Waals surface area contributed by atoms with Gasteiger partial charge in [-0.2, -0.15) is 0 Å². The third-order valence-corrected chi connectivity index (χ3v) is 3.65. The first-order valence-electron chi connectivity index (χ1n) is 7.36. The van der Waals surface area contributed by atoms with Crippen LogP contribution in [0.25, 0.3) is 0 Å². The molecule has 2 atom stereocenters. The molecule has 1 aromatic carbocycles. The summed E-state index contributed by atoms with van der Waals surface area (Å²) in [7, 11) is 1.52. The number of nitrogens with zero attached hydrogens (tertiary/aromatic N) is 1. The maximum absolute atomic E-state index is 12.2. The number of hydrogen-bond donors (Lipinski definition) is 2. The zero-order valence-corrected chi connectivity index (χ0v) is 13.5. The zero-order valence-electron chi connectivity index (χ0n) is 13.5. The second-order valence-electron chi connectivity index (χ2n) is 5.05. The highest BCUT2D eigenvalue weighted by Crippen LogP contribution is 2.28. The minimum atomic E-state index is -0.264. The lowest BCUT2D eigenvalue weighted by Gasteiger charge is -2.26. The van der Waals surface area contributed by atoms with Crippen molar-refractivity contribution >= 4 is 5.91 Å². The van der Waals surface area contributed by atoms with Crippen LogP contribution in [-0.4, -0.2) is 42.2 Å². The molecule has 0 saturated heterocycles. The fourth-order valence-electron chi connectivity index (χ4n) is 2.32. The Labute approximate surface area is 126 Å². The van der Waals surface area contributed by atoms with E-state index in [1.165, 1.54) is 7.11 Å². The van der Waals surface area contributed by atoms with Crippen molar-refractivity contribution in [2.45, 2.75) is 39.8 Å². The number of amides is 1. The lowest BCUT2D eigenvalue weighted by atomic mass is 10.1. The summed E-state index contributed by atoms with van der Waals surface area (Å²) in [5.41, 5.74) is 0.962. The van der Waals surface area contributed by atoms with Gasteiger partial charge in [-0.25, -0.2) is 0 Å². The molecule has 0 radical (unpaired) electrons. The molecule has 0 saturated carbocycles. The Morgan fingerprint density at radius 3 is 2.48 bits per heavy atom. The first kappa shape index (κ1) is 17.3. The summed E-state index contributed by atoms with van der Waals surface area (Å²) in [5, 5.41) is 12.9. The maximum atomic E-state index is 12.2. The van der Waals surface area contributed by atoms with Gasteiger partial charge in [-0.1, -0.05) is 6.07 Å². The lowest BCUT2D eigenvalue weighted by molar-refractivity contribution is -0.132. The van der Waals surface area contributed by atoms with E-state index < -0.39 is 0 Å². The predicted molar refractivity (Wildman–Crippen MR) is 83.6 cm³/mol. The van der Waals surface area contributed by atoms with Crippen LogP contribution in [0.4, 0.5) is 0 Å². The molecule has 5 nitrogen and oxygen atoms in total. The van der Waals surface area contributed by atoms with E-state index in [0.29, 0.717) is 18.8 Å². The normalized spacial score (nSPS) is 13.6. The Bertz CT molecular complexity index is 473. The number of methoxy groups -OCH3 is 1. The van der Waals surface area contributed by atoms with Crippen molar-refractivity contribution < 1.29 is 14.6 Å². The van der Waals surface area contributed by atoms with Crippen molar-refractivity contribution in [2.24, 2.45) is 0 Å². The van der Waals surface area contributed by atoms with Gasteiger partial charge in [-0.05, 0) is 45.4 Å². The summed E-state index contributed by atoms with van der Waals surface area (Å²) in [4.78, 5) is 14.1. The standard InChI is InChI=1S/C16H26N2O3/c1-6-18(7-2)16(20)12(4)17-11(3)13-8-9-14(19)15(10-13)21-5/h8-12,17,19H,6-7H2,1-5H3. The van der Waals surface area contributed by atoms with E-state index in [1.54, 1.807) is 12.1 Å². The summed E-state index contributed by atoms with van der Waals surface area (Å²) in [6.07, 6.45) is 0. The van der Waals surface area contributed by atoms with Gasteiger partial charge in [0, 0.05) is 19.1 Å². The number of rotatable bonds is 7. The van der Waals surface area contributed by atoms with E-state index in [9.17, 15) is 9.90 Å². The Kier molecular flexibility index (Phi) is 6.49. The summed E-state index contributed by atoms with van der Waals surface area (Å²) in [6, 6.07) is 4.92. The first-order chi connectivity index (χ1) is 9.94. The van der Waals surface area contributed by atoms with Gasteiger partial charge in [0.05, 0.1) is 13.2 Å². The predicted octanol–water partition coefficient (Wildman–Crippen LogP) is 2.31. The van der Waals surface area contributed by atoms with Gasteiger partial charge in [0.15, 0.2) is 11.5 Å². The van der Waals surface area contributed by atoms with Crippen LogP contribution < -0.4 is 10.1 Å². The van der Waals surface area contributed by atoms with E-state index in [4.69, 9.17) is 4.74 Å². The number of carbonyl (C=O) groups is 1. The minimum absolute atomic E-state index is 0.0194. The Hall–Kier alpha value is -1.75. The highest BCUT2D eigenvalue weighted by molar-refractivity contribution is 5.81. The average Bonchev–Trinajstić information content (AvgIpc) is 2.48. The van der Waals surface area contributed by atoms with Gasteiger partial charge in [-0.3, -0.25) is 10.1 Å². The molecule has 0 aromatic heterocycles. The van der Waals surface area contributed by atoms with E-state index in [-0.39, 0.29) is 23.7 Å². The number of likely N-dealkylation sites (N-methyl/N-ethyl adjacent to an activating group) is 1. The highest BCUT2D eigenvalue weighted by Gasteiger charge is 2.20. The van der Waals surface area contributed by atoms with Crippen LogP contribution in [0.3, 0.4) is 0 Å². The molecule has 1 rings (SSSR count). The SMILES string of the molecule is CCN(CC)C(=O)C(C)NC(C)c1ccc(O)c(OC)c1. The first-order valence-corrected chi connectivity index (χ1v) is 7.36. The van der Waals surface area contributed by atoms with Crippen LogP contribution in [0.1, 0.15) is 39.3 Å². The van der Waals surface area contributed by atoms with Crippen LogP contribution in [-0.2, 0) is 4.79 Å². The largest absolute Gasteiger partial charge is 0.504 e. The van der Waals surface area contributed by atoms with Crippen molar-refractivity contribution in [3.63, 3.8) is 0 Å². The number of phenols is 1. The van der Waals surface area contributed by atoms with Crippen molar-refractivity contribution in [3.8, 4) is 11.5 Å². The number of aromatic hydroxyl groups is 1. The van der Waals surface area contributed by atoms with Crippen molar-refractivity contribution in [1.29, 1.82) is 0 Å². The molecule has 5 heteroatoms. The highest BCUT2D eigenvalue weighted by atomic mass is 16.5. The zero-order chi connectivity index (χ0) is 16.0. The quantitative estimate of drug-likeness (QED) is 0.810. The molecule has 118 valence electrons. The smallest absolute Gasteiger partial charge is 0.239 e. The van der Waals surface area contributed by atoms with Crippen LogP contribution in [0, 0.1) is 0 Å². The molecule has 21 heavy (non-hydrogen) atoms. The van der Waals surface area contributed by atoms with Crippen LogP contribution in [0.5, 0.6) is 11.5 Å². The number of ether oxygens (including phenoxy) is 1. The summed E-state index contributed by atoms with van der Waals surface area (Å²) >= 11 is 0. The number of hydrogen-bond acceptors (Lipinski definition) is 4. The number of benzene rings is 1. The number of nitrogens with one attached hydrogen (secondary N) is 1. The van der Waals surface area contributed by atoms with Crippen LogP contribution in [0.15, 0.2) is 18.2 Å². The molecule has 1 amide bonds. The van der Waals surface area contributed by atoms with E-state index >= 15 is 0 Å². The Morgan fingerprint density at radius 1 is 1.33 bits per heavy atom. The Balaban J connectivity index is 2.76. The fraction of sp³-hybridized carbons (Fsp3) is 0.562. The van der Waals surface area contributed by atoms with E-state index in [0.717, 1.165) is 5.56 Å². The molecule has 0 aliphatic carbocycles. The molecule has 2 N–H and O–H groups in total. The van der Waals surface area contributed by atoms with E-state index in [2.05, 4.69) is 5.32 Å². The van der Waals surface area contributed by atoms with Crippen LogP contribution in [0.2, 0.25) is 0 Å². The number of phenolic OH excluding ortho intramolecular Hbond substituents is 1. The molecule has 0 spiro atoms. The molecule has 0 aliphatic heterocycles. The van der Waals surface area contributed by atoms with Gasteiger partial charge in [0.2, 0.25) is 5.91 Å². The number of carbonyl (C=O) groups excluding carboxylic acids is 1. The molecule has 0 heterocycles.